The molecular formula is C33H49NO6S3. The third-order valence-electron chi connectivity index (χ3n) is 11.9. The Bertz CT molecular complexity index is 1220. The highest BCUT2D eigenvalue weighted by Crippen LogP contribution is 2.73. The summed E-state index contributed by atoms with van der Waals surface area (Å²) in [6.45, 7) is 16.8. The number of carbonyl (C=O) groups excluding carboxylic acids is 5. The third kappa shape index (κ3) is 5.55. The summed E-state index contributed by atoms with van der Waals surface area (Å²) in [6.07, 6.45) is 4.91. The Balaban J connectivity index is 1.67. The highest BCUT2D eigenvalue weighted by Gasteiger charge is 2.72. The Hall–Kier alpha value is -0.680. The molecular weight excluding hydrogens is 603 g/mol. The molecule has 5 aliphatic rings. The summed E-state index contributed by atoms with van der Waals surface area (Å²) >= 11 is 4.01. The summed E-state index contributed by atoms with van der Waals surface area (Å²) < 4.78 is 5.58. The highest BCUT2D eigenvalue weighted by atomic mass is 32.2. The fourth-order valence-electron chi connectivity index (χ4n) is 10.6. The molecule has 0 aromatic heterocycles. The average Bonchev–Trinajstić information content (AvgIpc) is 3.20. The van der Waals surface area contributed by atoms with E-state index < -0.39 is 20.6 Å². The van der Waals surface area contributed by atoms with Gasteiger partial charge < -0.3 is 4.74 Å². The molecule has 0 bridgehead atoms. The van der Waals surface area contributed by atoms with Crippen molar-refractivity contribution in [3.63, 3.8) is 0 Å². The molecule has 9 atom stereocenters. The van der Waals surface area contributed by atoms with Crippen LogP contribution in [0, 0.1) is 34.5 Å². The van der Waals surface area contributed by atoms with Crippen molar-refractivity contribution in [3.05, 3.63) is 0 Å². The van der Waals surface area contributed by atoms with Gasteiger partial charge in [0.05, 0.1) is 17.1 Å². The fraction of sp³-hybridized carbons (Fsp3) is 0.848. The number of fused-ring (bicyclic) bond motifs is 5. The van der Waals surface area contributed by atoms with Crippen molar-refractivity contribution in [2.75, 3.05) is 19.7 Å². The second-order valence-electron chi connectivity index (χ2n) is 15.1. The maximum absolute atomic E-state index is 14.6. The molecule has 5 fully saturated rings. The van der Waals surface area contributed by atoms with E-state index in [2.05, 4.69) is 32.6 Å². The van der Waals surface area contributed by atoms with Crippen molar-refractivity contribution in [2.45, 2.75) is 121 Å². The normalized spacial score (nSPS) is 44.2. The summed E-state index contributed by atoms with van der Waals surface area (Å²) in [5.74, 6) is 0.477. The molecule has 43 heavy (non-hydrogen) atoms. The molecule has 0 aromatic rings. The van der Waals surface area contributed by atoms with E-state index in [0.717, 1.165) is 25.7 Å². The van der Waals surface area contributed by atoms with E-state index >= 15 is 0 Å². The van der Waals surface area contributed by atoms with Gasteiger partial charge >= 0.3 is 0 Å². The molecule has 1 saturated heterocycles. The Kier molecular flexibility index (Phi) is 9.03. The molecule has 7 nitrogen and oxygen atoms in total. The largest absolute Gasteiger partial charge is 0.373 e. The number of carbonyl (C=O) groups is 5. The molecule has 0 aromatic carbocycles. The van der Waals surface area contributed by atoms with E-state index in [-0.39, 0.29) is 61.2 Å². The number of hydrogen-bond acceptors (Lipinski definition) is 10. The van der Waals surface area contributed by atoms with E-state index in [1.54, 1.807) is 27.7 Å². The first-order valence-electron chi connectivity index (χ1n) is 15.9. The van der Waals surface area contributed by atoms with E-state index in [1.165, 1.54) is 35.3 Å². The summed E-state index contributed by atoms with van der Waals surface area (Å²) in [4.78, 5) is 68.1. The molecule has 1 aliphatic heterocycles. The minimum atomic E-state index is -0.737. The predicted molar refractivity (Wildman–Crippen MR) is 174 cm³/mol. The lowest BCUT2D eigenvalue weighted by Gasteiger charge is -2.69. The molecule has 240 valence electrons. The predicted octanol–water partition coefficient (Wildman–Crippen LogP) is 6.16. The molecule has 0 spiro atoms. The summed E-state index contributed by atoms with van der Waals surface area (Å²) in [6, 6.07) is 0. The van der Waals surface area contributed by atoms with Crippen LogP contribution in [-0.4, -0.2) is 72.0 Å². The van der Waals surface area contributed by atoms with Crippen LogP contribution in [0.3, 0.4) is 0 Å². The number of hydrogen-bond donors (Lipinski definition) is 0. The van der Waals surface area contributed by atoms with Gasteiger partial charge in [0.25, 0.3) is 0 Å². The molecule has 3 unspecified atom stereocenters. The van der Waals surface area contributed by atoms with Crippen LogP contribution < -0.4 is 0 Å². The first-order valence-corrected chi connectivity index (χ1v) is 18.4. The van der Waals surface area contributed by atoms with Gasteiger partial charge in [0.2, 0.25) is 0 Å². The number of ether oxygens (including phenoxy) is 1. The van der Waals surface area contributed by atoms with Crippen molar-refractivity contribution in [2.24, 2.45) is 34.5 Å². The standard InChI is InChI=1S/C33H49NO6S3/c1-19(35)24-9-10-25-23-11-12-32(42-21(3)37)16-27(41-20(2)36)33(43-22(4)38,34-13-14-40-29(5,6)18-34)17-31(32,8)28(23)26(39)15-30(24,25)7/h23-25,27-28H,9-18H2,1-8H3/t23-,24+,25-,27?,28+,30+,31+,32?,33?/m0/s1. The lowest BCUT2D eigenvalue weighted by atomic mass is 9.43. The highest BCUT2D eigenvalue weighted by molar-refractivity contribution is 8.18. The molecule has 1 heterocycles. The van der Waals surface area contributed by atoms with E-state index in [1.807, 2.05) is 0 Å². The number of morpholine rings is 1. The van der Waals surface area contributed by atoms with E-state index in [0.29, 0.717) is 39.0 Å². The number of thioether (sulfide) groups is 3. The van der Waals surface area contributed by atoms with Gasteiger partial charge in [0, 0.05) is 62.1 Å². The Morgan fingerprint density at radius 3 is 2.16 bits per heavy atom. The lowest BCUT2D eigenvalue weighted by molar-refractivity contribution is -0.163. The minimum absolute atomic E-state index is 0.00273. The second-order valence-corrected chi connectivity index (χ2v) is 19.6. The summed E-state index contributed by atoms with van der Waals surface area (Å²) in [5.41, 5.74) is -1.34. The first kappa shape index (κ1) is 33.7. The molecule has 5 rings (SSSR count). The van der Waals surface area contributed by atoms with Crippen LogP contribution in [0.4, 0.5) is 0 Å². The van der Waals surface area contributed by atoms with Crippen LogP contribution in [-0.2, 0) is 28.7 Å². The van der Waals surface area contributed by atoms with Gasteiger partial charge in [-0.15, -0.1) is 0 Å². The second kappa shape index (κ2) is 11.5. The van der Waals surface area contributed by atoms with Gasteiger partial charge in [0.1, 0.15) is 11.6 Å². The van der Waals surface area contributed by atoms with Gasteiger partial charge in [-0.05, 0) is 82.0 Å². The summed E-state index contributed by atoms with van der Waals surface area (Å²) in [7, 11) is 0. The fourth-order valence-corrected chi connectivity index (χ4v) is 15.0. The van der Waals surface area contributed by atoms with Crippen molar-refractivity contribution in [1.82, 2.24) is 4.90 Å². The van der Waals surface area contributed by atoms with Gasteiger partial charge in [-0.3, -0.25) is 28.9 Å². The molecule has 0 amide bonds. The van der Waals surface area contributed by atoms with Gasteiger partial charge in [-0.25, -0.2) is 0 Å². The van der Waals surface area contributed by atoms with Crippen LogP contribution >= 0.6 is 35.3 Å². The van der Waals surface area contributed by atoms with Crippen molar-refractivity contribution in [1.29, 1.82) is 0 Å². The van der Waals surface area contributed by atoms with Crippen molar-refractivity contribution in [3.8, 4) is 0 Å². The lowest BCUT2D eigenvalue weighted by Crippen LogP contribution is -2.72. The zero-order valence-electron chi connectivity index (χ0n) is 27.1. The van der Waals surface area contributed by atoms with E-state index in [9.17, 15) is 24.0 Å². The van der Waals surface area contributed by atoms with Gasteiger partial charge in [0.15, 0.2) is 15.3 Å². The molecule has 10 heteroatoms. The maximum Gasteiger partial charge on any atom is 0.187 e. The van der Waals surface area contributed by atoms with Gasteiger partial charge in [-0.1, -0.05) is 49.1 Å². The SMILES string of the molecule is CC(=O)SC1CC2(SC(C)=O)CC[C@H]3[C@@H]4CC[C@H](C(C)=O)[C@@]4(C)CC(=O)[C@@H]3[C@@]2(C)CC1(SC(C)=O)N1CCOC(C)(C)C1. The summed E-state index contributed by atoms with van der Waals surface area (Å²) in [5, 5.41) is -0.219. The number of nitrogens with zero attached hydrogens (tertiary/aromatic N) is 1. The topological polar surface area (TPSA) is 97.8 Å². The Labute approximate surface area is 269 Å². The van der Waals surface area contributed by atoms with Crippen LogP contribution in [0.1, 0.15) is 100 Å². The van der Waals surface area contributed by atoms with Crippen LogP contribution in [0.15, 0.2) is 0 Å². The minimum Gasteiger partial charge on any atom is -0.373 e. The first-order chi connectivity index (χ1) is 19.9. The van der Waals surface area contributed by atoms with Crippen LogP contribution in [0.5, 0.6) is 0 Å². The number of Topliss-reactive ketones (excluding diaryl/α,β-unsaturated/α-hetero) is 2. The molecule has 0 N–H and O–H groups in total. The molecule has 4 saturated carbocycles. The maximum atomic E-state index is 14.6. The average molecular weight is 652 g/mol. The third-order valence-corrected chi connectivity index (χ3v) is 16.1. The number of rotatable bonds is 5. The van der Waals surface area contributed by atoms with Crippen LogP contribution in [0.2, 0.25) is 0 Å². The van der Waals surface area contributed by atoms with E-state index in [4.69, 9.17) is 4.74 Å². The Morgan fingerprint density at radius 2 is 1.58 bits per heavy atom. The van der Waals surface area contributed by atoms with Gasteiger partial charge in [-0.2, -0.15) is 0 Å². The molecule has 4 aliphatic carbocycles. The monoisotopic (exact) mass is 651 g/mol. The zero-order valence-corrected chi connectivity index (χ0v) is 29.5. The van der Waals surface area contributed by atoms with Crippen LogP contribution in [0.25, 0.3) is 0 Å². The zero-order chi connectivity index (χ0) is 31.8. The smallest absolute Gasteiger partial charge is 0.187 e. The van der Waals surface area contributed by atoms with Crippen molar-refractivity contribution >= 4 is 62.2 Å². The molecule has 0 radical (unpaired) electrons. The number of ketones is 2. The quantitative estimate of drug-likeness (QED) is 0.344. The Morgan fingerprint density at radius 1 is 0.907 bits per heavy atom. The van der Waals surface area contributed by atoms with Crippen molar-refractivity contribution < 1.29 is 28.7 Å².